The minimum Gasteiger partial charge on any atom is -0.481 e. The number of benzene rings is 1. The van der Waals surface area contributed by atoms with Crippen LogP contribution < -0.4 is 16.0 Å². The van der Waals surface area contributed by atoms with Gasteiger partial charge in [-0.1, -0.05) is 18.6 Å². The van der Waals surface area contributed by atoms with Crippen LogP contribution in [-0.2, 0) is 11.3 Å². The molecule has 0 spiro atoms. The molecule has 0 bridgehead atoms. The zero-order valence-corrected chi connectivity index (χ0v) is 12.1. The molecule has 0 atom stereocenters. The topological polar surface area (TPSA) is 90.5 Å². The SMILES string of the molecule is CNCc1cccc(NC(=O)NCC2(C(=O)O)CCC2)c1. The lowest BCUT2D eigenvalue weighted by atomic mass is 9.69. The van der Waals surface area contributed by atoms with Crippen molar-refractivity contribution in [1.29, 1.82) is 0 Å². The van der Waals surface area contributed by atoms with E-state index in [2.05, 4.69) is 16.0 Å². The molecule has 1 saturated carbocycles. The van der Waals surface area contributed by atoms with Crippen molar-refractivity contribution >= 4 is 17.7 Å². The maximum absolute atomic E-state index is 11.9. The number of aliphatic carboxylic acids is 1. The first-order valence-corrected chi connectivity index (χ1v) is 7.07. The zero-order chi connectivity index (χ0) is 15.3. The van der Waals surface area contributed by atoms with Crippen LogP contribution in [0.2, 0.25) is 0 Å². The fraction of sp³-hybridized carbons (Fsp3) is 0.467. The molecule has 0 unspecified atom stereocenters. The quantitative estimate of drug-likeness (QED) is 0.643. The van der Waals surface area contributed by atoms with Gasteiger partial charge in [0.2, 0.25) is 0 Å². The van der Waals surface area contributed by atoms with E-state index in [1.807, 2.05) is 25.2 Å². The summed E-state index contributed by atoms with van der Waals surface area (Å²) in [4.78, 5) is 23.1. The van der Waals surface area contributed by atoms with Crippen LogP contribution >= 0.6 is 0 Å². The molecule has 0 saturated heterocycles. The number of carbonyl (C=O) groups excluding carboxylic acids is 1. The van der Waals surface area contributed by atoms with Crippen molar-refractivity contribution in [1.82, 2.24) is 10.6 Å². The molecule has 2 amide bonds. The Balaban J connectivity index is 1.87. The van der Waals surface area contributed by atoms with Gasteiger partial charge >= 0.3 is 12.0 Å². The summed E-state index contributed by atoms with van der Waals surface area (Å²) < 4.78 is 0. The second-order valence-electron chi connectivity index (χ2n) is 5.48. The lowest BCUT2D eigenvalue weighted by molar-refractivity contribution is -0.153. The Bertz CT molecular complexity index is 527. The van der Waals surface area contributed by atoms with Crippen molar-refractivity contribution < 1.29 is 14.7 Å². The van der Waals surface area contributed by atoms with Crippen LogP contribution in [0.25, 0.3) is 0 Å². The van der Waals surface area contributed by atoms with Gasteiger partial charge in [0.1, 0.15) is 0 Å². The van der Waals surface area contributed by atoms with Gasteiger partial charge in [0.25, 0.3) is 0 Å². The first-order valence-electron chi connectivity index (χ1n) is 7.07. The molecular formula is C15H21N3O3. The Hall–Kier alpha value is -2.08. The zero-order valence-electron chi connectivity index (χ0n) is 12.1. The summed E-state index contributed by atoms with van der Waals surface area (Å²) >= 11 is 0. The first-order chi connectivity index (χ1) is 10.1. The van der Waals surface area contributed by atoms with E-state index in [1.165, 1.54) is 0 Å². The van der Waals surface area contributed by atoms with Crippen LogP contribution in [0.1, 0.15) is 24.8 Å². The molecule has 4 N–H and O–H groups in total. The number of rotatable bonds is 6. The molecule has 0 aromatic heterocycles. The highest BCUT2D eigenvalue weighted by Crippen LogP contribution is 2.40. The van der Waals surface area contributed by atoms with E-state index in [1.54, 1.807) is 6.07 Å². The Morgan fingerprint density at radius 3 is 2.67 bits per heavy atom. The van der Waals surface area contributed by atoms with Gasteiger partial charge in [-0.25, -0.2) is 4.79 Å². The van der Waals surface area contributed by atoms with E-state index >= 15 is 0 Å². The van der Waals surface area contributed by atoms with E-state index in [4.69, 9.17) is 0 Å². The maximum atomic E-state index is 11.9. The summed E-state index contributed by atoms with van der Waals surface area (Å²) in [5.74, 6) is -0.829. The van der Waals surface area contributed by atoms with Crippen LogP contribution in [0.5, 0.6) is 0 Å². The van der Waals surface area contributed by atoms with Crippen molar-refractivity contribution in [2.24, 2.45) is 5.41 Å². The molecule has 1 aliphatic carbocycles. The number of carbonyl (C=O) groups is 2. The lowest BCUT2D eigenvalue weighted by Crippen LogP contribution is -2.48. The van der Waals surface area contributed by atoms with Crippen LogP contribution in [0.15, 0.2) is 24.3 Å². The fourth-order valence-electron chi connectivity index (χ4n) is 2.46. The third-order valence-electron chi connectivity index (χ3n) is 3.92. The van der Waals surface area contributed by atoms with Gasteiger partial charge in [-0.3, -0.25) is 4.79 Å². The summed E-state index contributed by atoms with van der Waals surface area (Å²) in [5.41, 5.74) is 0.986. The number of anilines is 1. The average Bonchev–Trinajstić information content (AvgIpc) is 2.37. The maximum Gasteiger partial charge on any atom is 0.319 e. The highest BCUT2D eigenvalue weighted by atomic mass is 16.4. The van der Waals surface area contributed by atoms with Gasteiger partial charge in [0, 0.05) is 18.8 Å². The molecule has 1 aromatic rings. The van der Waals surface area contributed by atoms with Crippen molar-refractivity contribution in [3.63, 3.8) is 0 Å². The number of carboxylic acid groups (broad SMARTS) is 1. The molecule has 0 aliphatic heterocycles. The van der Waals surface area contributed by atoms with Gasteiger partial charge in [-0.05, 0) is 37.6 Å². The number of urea groups is 1. The third-order valence-corrected chi connectivity index (χ3v) is 3.92. The summed E-state index contributed by atoms with van der Waals surface area (Å²) in [5, 5.41) is 17.6. The minimum absolute atomic E-state index is 0.171. The predicted octanol–water partition coefficient (Wildman–Crippen LogP) is 1.78. The Labute approximate surface area is 123 Å². The molecule has 1 fully saturated rings. The van der Waals surface area contributed by atoms with E-state index in [9.17, 15) is 14.7 Å². The monoisotopic (exact) mass is 291 g/mol. The molecule has 6 nitrogen and oxygen atoms in total. The van der Waals surface area contributed by atoms with Crippen LogP contribution in [0.3, 0.4) is 0 Å². The van der Waals surface area contributed by atoms with Crippen molar-refractivity contribution in [2.75, 3.05) is 18.9 Å². The second kappa shape index (κ2) is 6.58. The summed E-state index contributed by atoms with van der Waals surface area (Å²) in [6.45, 7) is 0.892. The molecule has 6 heteroatoms. The van der Waals surface area contributed by atoms with Gasteiger partial charge in [-0.2, -0.15) is 0 Å². The van der Waals surface area contributed by atoms with Crippen LogP contribution in [0, 0.1) is 5.41 Å². The third kappa shape index (κ3) is 3.72. The van der Waals surface area contributed by atoms with E-state index in [0.29, 0.717) is 18.5 Å². The smallest absolute Gasteiger partial charge is 0.319 e. The van der Waals surface area contributed by atoms with Crippen LogP contribution in [-0.4, -0.2) is 30.7 Å². The van der Waals surface area contributed by atoms with Gasteiger partial charge in [0.05, 0.1) is 5.41 Å². The normalized spacial score (nSPS) is 15.9. The summed E-state index contributed by atoms with van der Waals surface area (Å²) in [7, 11) is 1.86. The Kier molecular flexibility index (Phi) is 4.80. The molecule has 0 radical (unpaired) electrons. The fourth-order valence-corrected chi connectivity index (χ4v) is 2.46. The molecule has 1 aromatic carbocycles. The van der Waals surface area contributed by atoms with Gasteiger partial charge in [0.15, 0.2) is 0 Å². The molecule has 0 heterocycles. The molecule has 114 valence electrons. The molecular weight excluding hydrogens is 270 g/mol. The number of hydrogen-bond donors (Lipinski definition) is 4. The molecule has 1 aliphatic rings. The highest BCUT2D eigenvalue weighted by molar-refractivity contribution is 5.89. The standard InChI is InChI=1S/C15H21N3O3/c1-16-9-11-4-2-5-12(8-11)18-14(21)17-10-15(13(19)20)6-3-7-15/h2,4-5,8,16H,3,6-7,9-10H2,1H3,(H,19,20)(H2,17,18,21). The van der Waals surface area contributed by atoms with Crippen LogP contribution in [0.4, 0.5) is 10.5 Å². The van der Waals surface area contributed by atoms with Crippen molar-refractivity contribution in [3.8, 4) is 0 Å². The van der Waals surface area contributed by atoms with Crippen molar-refractivity contribution in [3.05, 3.63) is 29.8 Å². The van der Waals surface area contributed by atoms with Crippen molar-refractivity contribution in [2.45, 2.75) is 25.8 Å². The first kappa shape index (κ1) is 15.3. The molecule has 2 rings (SSSR count). The van der Waals surface area contributed by atoms with Gasteiger partial charge in [-0.15, -0.1) is 0 Å². The average molecular weight is 291 g/mol. The Morgan fingerprint density at radius 2 is 2.10 bits per heavy atom. The number of hydrogen-bond acceptors (Lipinski definition) is 3. The lowest BCUT2D eigenvalue weighted by Gasteiger charge is -2.37. The minimum atomic E-state index is -0.829. The molecule has 21 heavy (non-hydrogen) atoms. The highest BCUT2D eigenvalue weighted by Gasteiger charge is 2.44. The number of carboxylic acids is 1. The van der Waals surface area contributed by atoms with E-state index in [-0.39, 0.29) is 12.6 Å². The number of nitrogens with one attached hydrogen (secondary N) is 3. The van der Waals surface area contributed by atoms with E-state index in [0.717, 1.165) is 18.5 Å². The Morgan fingerprint density at radius 1 is 1.33 bits per heavy atom. The largest absolute Gasteiger partial charge is 0.481 e. The predicted molar refractivity (Wildman–Crippen MR) is 80.1 cm³/mol. The van der Waals surface area contributed by atoms with Gasteiger partial charge < -0.3 is 21.1 Å². The summed E-state index contributed by atoms with van der Waals surface area (Å²) in [6, 6.07) is 7.14. The van der Waals surface area contributed by atoms with E-state index < -0.39 is 11.4 Å². The number of amides is 2. The second-order valence-corrected chi connectivity index (χ2v) is 5.48. The summed E-state index contributed by atoms with van der Waals surface area (Å²) in [6.07, 6.45) is 2.15.